The van der Waals surface area contributed by atoms with Gasteiger partial charge in [0.2, 0.25) is 0 Å². The van der Waals surface area contributed by atoms with Crippen LogP contribution in [0.4, 0.5) is 13.2 Å². The number of benzene rings is 6. The van der Waals surface area contributed by atoms with Crippen LogP contribution in [0.5, 0.6) is 0 Å². The molecule has 2 heterocycles. The summed E-state index contributed by atoms with van der Waals surface area (Å²) in [7, 11) is 0. The number of nitrogens with zero attached hydrogens (tertiary/aromatic N) is 4. The van der Waals surface area contributed by atoms with Gasteiger partial charge in [0, 0.05) is 21.5 Å². The van der Waals surface area contributed by atoms with Crippen molar-refractivity contribution in [3.05, 3.63) is 142 Å². The third-order valence-electron chi connectivity index (χ3n) is 9.94. The van der Waals surface area contributed by atoms with E-state index >= 15 is 0 Å². The molecule has 0 saturated carbocycles. The quantitative estimate of drug-likeness (QED) is 0.190. The Balaban J connectivity index is 1.59. The second-order valence-electron chi connectivity index (χ2n) is 12.9. The maximum Gasteiger partial charge on any atom is 0.416 e. The van der Waals surface area contributed by atoms with Gasteiger partial charge in [-0.2, -0.15) is 23.7 Å². The van der Waals surface area contributed by atoms with Gasteiger partial charge in [0.25, 0.3) is 0 Å². The lowest BCUT2D eigenvalue weighted by atomic mass is 9.95. The third-order valence-corrected chi connectivity index (χ3v) is 9.94. The van der Waals surface area contributed by atoms with Crippen molar-refractivity contribution in [1.82, 2.24) is 9.13 Å². The van der Waals surface area contributed by atoms with Crippen molar-refractivity contribution in [2.45, 2.75) is 33.9 Å². The molecule has 0 spiro atoms. The molecule has 0 aliphatic rings. The molecule has 0 unspecified atom stereocenters. The molecule has 0 fully saturated rings. The molecule has 6 aromatic carbocycles. The average molecular weight is 659 g/mol. The summed E-state index contributed by atoms with van der Waals surface area (Å²) >= 11 is 0. The van der Waals surface area contributed by atoms with E-state index < -0.39 is 11.7 Å². The summed E-state index contributed by atoms with van der Waals surface area (Å²) in [5.74, 6) is 0. The number of rotatable bonds is 3. The van der Waals surface area contributed by atoms with Crippen LogP contribution in [-0.2, 0) is 6.18 Å². The standard InChI is InChI=1S/C43H29F3N4/c1-24-9-5-13-33-39(24)40-25(2)10-6-14-34(40)49(33)37-20-28(31-18-17-30(43(44,45)46)19-29(31)22-47)21-38(32(37)23-48)50-35-15-7-11-26(3)41(35)42-27(4)12-8-16-36(42)50/h5-21H,1-4H3. The van der Waals surface area contributed by atoms with Gasteiger partial charge in [-0.1, -0.05) is 54.6 Å². The Kier molecular flexibility index (Phi) is 6.89. The summed E-state index contributed by atoms with van der Waals surface area (Å²) in [6.07, 6.45) is -4.61. The zero-order valence-electron chi connectivity index (χ0n) is 27.7. The van der Waals surface area contributed by atoms with Crippen LogP contribution in [0, 0.1) is 50.4 Å². The highest BCUT2D eigenvalue weighted by molar-refractivity contribution is 6.14. The molecule has 4 nitrogen and oxygen atoms in total. The van der Waals surface area contributed by atoms with Crippen LogP contribution >= 0.6 is 0 Å². The molecular formula is C43H29F3N4. The molecule has 0 bridgehead atoms. The number of alkyl halides is 3. The predicted molar refractivity (Wildman–Crippen MR) is 194 cm³/mol. The van der Waals surface area contributed by atoms with Gasteiger partial charge < -0.3 is 9.13 Å². The maximum atomic E-state index is 13.8. The van der Waals surface area contributed by atoms with Crippen LogP contribution in [0.25, 0.3) is 66.1 Å². The number of hydrogen-bond donors (Lipinski definition) is 0. The molecule has 8 aromatic rings. The Labute approximate surface area is 286 Å². The van der Waals surface area contributed by atoms with Crippen LogP contribution in [0.15, 0.2) is 103 Å². The third kappa shape index (κ3) is 4.44. The number of halogens is 3. The molecule has 2 aromatic heterocycles. The van der Waals surface area contributed by atoms with Gasteiger partial charge in [0.15, 0.2) is 0 Å². The van der Waals surface area contributed by atoms with Crippen LogP contribution in [-0.4, -0.2) is 9.13 Å². The van der Waals surface area contributed by atoms with E-state index in [9.17, 15) is 23.7 Å². The van der Waals surface area contributed by atoms with E-state index in [1.54, 1.807) is 0 Å². The van der Waals surface area contributed by atoms with E-state index in [2.05, 4.69) is 67.2 Å². The van der Waals surface area contributed by atoms with Gasteiger partial charge in [0.05, 0.1) is 50.6 Å². The van der Waals surface area contributed by atoms with E-state index in [4.69, 9.17) is 0 Å². The molecule has 50 heavy (non-hydrogen) atoms. The van der Waals surface area contributed by atoms with Crippen LogP contribution in [0.2, 0.25) is 0 Å². The lowest BCUT2D eigenvalue weighted by Gasteiger charge is -2.19. The summed E-state index contributed by atoms with van der Waals surface area (Å²) < 4.78 is 45.6. The Morgan fingerprint density at radius 1 is 0.520 bits per heavy atom. The van der Waals surface area contributed by atoms with E-state index in [1.165, 1.54) is 6.07 Å². The monoisotopic (exact) mass is 658 g/mol. The molecule has 7 heteroatoms. The van der Waals surface area contributed by atoms with Gasteiger partial charge in [0.1, 0.15) is 11.6 Å². The molecule has 0 amide bonds. The predicted octanol–water partition coefficient (Wildman–Crippen LogP) is 11.5. The van der Waals surface area contributed by atoms with E-state index in [0.29, 0.717) is 28.1 Å². The minimum absolute atomic E-state index is 0.107. The van der Waals surface area contributed by atoms with Crippen molar-refractivity contribution in [2.75, 3.05) is 0 Å². The lowest BCUT2D eigenvalue weighted by Crippen LogP contribution is -2.07. The van der Waals surface area contributed by atoms with Crippen LogP contribution < -0.4 is 0 Å². The van der Waals surface area contributed by atoms with Gasteiger partial charge in [-0.05, 0) is 110 Å². The molecule has 242 valence electrons. The topological polar surface area (TPSA) is 57.4 Å². The normalized spacial score (nSPS) is 11.9. The van der Waals surface area contributed by atoms with E-state index in [-0.39, 0.29) is 5.56 Å². The number of aromatic nitrogens is 2. The number of hydrogen-bond acceptors (Lipinski definition) is 2. The Hall–Kier alpha value is -6.31. The molecule has 0 aliphatic heterocycles. The fourth-order valence-corrected chi connectivity index (χ4v) is 7.73. The number of fused-ring (bicyclic) bond motifs is 6. The zero-order valence-corrected chi connectivity index (χ0v) is 27.7. The van der Waals surface area contributed by atoms with Gasteiger partial charge in [-0.3, -0.25) is 0 Å². The fraction of sp³-hybridized carbons (Fsp3) is 0.116. The highest BCUT2D eigenvalue weighted by atomic mass is 19.4. The first kappa shape index (κ1) is 31.0. The van der Waals surface area contributed by atoms with E-state index in [1.807, 2.05) is 66.7 Å². The van der Waals surface area contributed by atoms with Crippen molar-refractivity contribution in [3.8, 4) is 34.6 Å². The molecular weight excluding hydrogens is 629 g/mol. The molecule has 8 rings (SSSR count). The van der Waals surface area contributed by atoms with Gasteiger partial charge >= 0.3 is 6.18 Å². The fourth-order valence-electron chi connectivity index (χ4n) is 7.73. The molecule has 0 atom stereocenters. The first-order chi connectivity index (χ1) is 24.0. The van der Waals surface area contributed by atoms with Gasteiger partial charge in [-0.15, -0.1) is 0 Å². The first-order valence-electron chi connectivity index (χ1n) is 16.2. The van der Waals surface area contributed by atoms with Crippen molar-refractivity contribution in [2.24, 2.45) is 0 Å². The van der Waals surface area contributed by atoms with Crippen molar-refractivity contribution in [1.29, 1.82) is 10.5 Å². The zero-order chi connectivity index (χ0) is 35.1. The number of aryl methyl sites for hydroxylation is 4. The second kappa shape index (κ2) is 11.1. The highest BCUT2D eigenvalue weighted by Crippen LogP contribution is 2.43. The summed E-state index contributed by atoms with van der Waals surface area (Å²) in [6, 6.07) is 35.8. The van der Waals surface area contributed by atoms with Crippen LogP contribution in [0.3, 0.4) is 0 Å². The molecule has 0 radical (unpaired) electrons. The molecule has 0 aliphatic carbocycles. The largest absolute Gasteiger partial charge is 0.416 e. The first-order valence-corrected chi connectivity index (χ1v) is 16.2. The maximum absolute atomic E-state index is 13.8. The SMILES string of the molecule is Cc1cccc2c1c1c(C)cccc1n2-c1cc(-c2ccc(C(F)(F)F)cc2C#N)cc(-n2c3cccc(C)c3c3c(C)cccc32)c1C#N. The van der Waals surface area contributed by atoms with Crippen molar-refractivity contribution < 1.29 is 13.2 Å². The van der Waals surface area contributed by atoms with Crippen molar-refractivity contribution >= 4 is 43.6 Å². The Morgan fingerprint density at radius 3 is 1.26 bits per heavy atom. The lowest BCUT2D eigenvalue weighted by molar-refractivity contribution is -0.137. The summed E-state index contributed by atoms with van der Waals surface area (Å²) in [5.41, 5.74) is 9.30. The Morgan fingerprint density at radius 2 is 0.920 bits per heavy atom. The summed E-state index contributed by atoms with van der Waals surface area (Å²) in [5, 5.41) is 25.6. The summed E-state index contributed by atoms with van der Waals surface area (Å²) in [6.45, 7) is 8.26. The average Bonchev–Trinajstić information content (AvgIpc) is 3.63. The smallest absolute Gasteiger partial charge is 0.308 e. The molecule has 0 saturated heterocycles. The summed E-state index contributed by atoms with van der Waals surface area (Å²) in [4.78, 5) is 0. The van der Waals surface area contributed by atoms with E-state index in [0.717, 1.165) is 78.0 Å². The molecule has 0 N–H and O–H groups in total. The van der Waals surface area contributed by atoms with Crippen LogP contribution in [0.1, 0.15) is 38.9 Å². The minimum atomic E-state index is -4.61. The highest BCUT2D eigenvalue weighted by Gasteiger charge is 2.31. The second-order valence-corrected chi connectivity index (χ2v) is 12.9. The Bertz CT molecular complexity index is 2550. The van der Waals surface area contributed by atoms with Gasteiger partial charge in [-0.25, -0.2) is 0 Å². The number of nitriles is 2. The minimum Gasteiger partial charge on any atom is -0.308 e. The van der Waals surface area contributed by atoms with Crippen molar-refractivity contribution in [3.63, 3.8) is 0 Å².